The van der Waals surface area contributed by atoms with Crippen LogP contribution in [-0.4, -0.2) is 35.4 Å². The lowest BCUT2D eigenvalue weighted by atomic mass is 9.94. The van der Waals surface area contributed by atoms with Gasteiger partial charge in [0.2, 0.25) is 5.91 Å². The number of benzene rings is 1. The second kappa shape index (κ2) is 8.81. The standard InChI is InChI=1S/C20H23N3O3S/c1-2-11-22(15-17-6-5-14-27-17)20(24)16-9-12-21(13-10-16)18-7-3-4-8-19(18)23(25)26/h2-8,14,16H,1,9-13,15H2. The molecule has 0 saturated carbocycles. The van der Waals surface area contributed by atoms with E-state index in [0.29, 0.717) is 44.7 Å². The number of anilines is 1. The quantitative estimate of drug-likeness (QED) is 0.409. The molecule has 0 radical (unpaired) electrons. The molecule has 2 aromatic rings. The van der Waals surface area contributed by atoms with E-state index < -0.39 is 0 Å². The van der Waals surface area contributed by atoms with Gasteiger partial charge in [0.1, 0.15) is 5.69 Å². The van der Waals surface area contributed by atoms with Crippen LogP contribution in [-0.2, 0) is 11.3 Å². The summed E-state index contributed by atoms with van der Waals surface area (Å²) < 4.78 is 0. The lowest BCUT2D eigenvalue weighted by Crippen LogP contribution is -2.42. The van der Waals surface area contributed by atoms with Gasteiger partial charge in [-0.05, 0) is 30.4 Å². The molecule has 0 spiro atoms. The van der Waals surface area contributed by atoms with Gasteiger partial charge in [0, 0.05) is 36.5 Å². The van der Waals surface area contributed by atoms with Gasteiger partial charge in [-0.25, -0.2) is 0 Å². The molecule has 0 atom stereocenters. The molecule has 0 bridgehead atoms. The number of amides is 1. The van der Waals surface area contributed by atoms with Crippen LogP contribution in [0.5, 0.6) is 0 Å². The SMILES string of the molecule is C=CCN(Cc1cccs1)C(=O)C1CCN(c2ccccc2[N+](=O)[O-])CC1. The second-order valence-electron chi connectivity index (χ2n) is 6.59. The van der Waals surface area contributed by atoms with Gasteiger partial charge in [0.05, 0.1) is 11.5 Å². The van der Waals surface area contributed by atoms with Crippen molar-refractivity contribution in [1.29, 1.82) is 0 Å². The number of rotatable bonds is 7. The van der Waals surface area contributed by atoms with Crippen molar-refractivity contribution in [3.8, 4) is 0 Å². The first kappa shape index (κ1) is 19.1. The maximum atomic E-state index is 13.0. The molecule has 3 rings (SSSR count). The summed E-state index contributed by atoms with van der Waals surface area (Å²) in [4.78, 5) is 28.9. The number of carbonyl (C=O) groups is 1. The first-order chi connectivity index (χ1) is 13.1. The second-order valence-corrected chi connectivity index (χ2v) is 7.63. The van der Waals surface area contributed by atoms with E-state index in [1.165, 1.54) is 6.07 Å². The number of hydrogen-bond acceptors (Lipinski definition) is 5. The minimum atomic E-state index is -0.348. The number of nitro benzene ring substituents is 1. The summed E-state index contributed by atoms with van der Waals surface area (Å²) in [5.74, 6) is 0.0921. The molecular formula is C20H23N3O3S. The molecule has 1 saturated heterocycles. The lowest BCUT2D eigenvalue weighted by Gasteiger charge is -2.35. The summed E-state index contributed by atoms with van der Waals surface area (Å²) in [5.41, 5.74) is 0.753. The van der Waals surface area contributed by atoms with Crippen LogP contribution < -0.4 is 4.90 Å². The highest BCUT2D eigenvalue weighted by atomic mass is 32.1. The Morgan fingerprint density at radius 2 is 2.04 bits per heavy atom. The van der Waals surface area contributed by atoms with E-state index in [2.05, 4.69) is 6.58 Å². The van der Waals surface area contributed by atoms with Crippen LogP contribution in [0.15, 0.2) is 54.4 Å². The third-order valence-corrected chi connectivity index (χ3v) is 5.71. The molecule has 7 heteroatoms. The van der Waals surface area contributed by atoms with Gasteiger partial charge in [-0.3, -0.25) is 14.9 Å². The summed E-state index contributed by atoms with van der Waals surface area (Å²) in [6, 6.07) is 10.8. The van der Waals surface area contributed by atoms with Gasteiger partial charge in [-0.2, -0.15) is 0 Å². The van der Waals surface area contributed by atoms with Crippen molar-refractivity contribution in [3.63, 3.8) is 0 Å². The summed E-state index contributed by atoms with van der Waals surface area (Å²) in [6.45, 7) is 6.19. The molecule has 0 unspecified atom stereocenters. The molecule has 6 nitrogen and oxygen atoms in total. The third kappa shape index (κ3) is 4.54. The normalized spacial score (nSPS) is 14.7. The first-order valence-corrected chi connectivity index (χ1v) is 9.88. The number of para-hydroxylation sites is 2. The maximum Gasteiger partial charge on any atom is 0.292 e. The number of thiophene rings is 1. The van der Waals surface area contributed by atoms with E-state index in [9.17, 15) is 14.9 Å². The van der Waals surface area contributed by atoms with Crippen LogP contribution in [0.1, 0.15) is 17.7 Å². The van der Waals surface area contributed by atoms with Crippen molar-refractivity contribution in [1.82, 2.24) is 4.90 Å². The fourth-order valence-electron chi connectivity index (χ4n) is 3.49. The minimum absolute atomic E-state index is 0.0519. The Morgan fingerprint density at radius 3 is 2.67 bits per heavy atom. The average Bonchev–Trinajstić information content (AvgIpc) is 3.20. The van der Waals surface area contributed by atoms with Crippen LogP contribution in [0.2, 0.25) is 0 Å². The average molecular weight is 385 g/mol. The number of hydrogen-bond donors (Lipinski definition) is 0. The van der Waals surface area contributed by atoms with Crippen LogP contribution in [0.4, 0.5) is 11.4 Å². The molecule has 0 N–H and O–H groups in total. The van der Waals surface area contributed by atoms with Gasteiger partial charge in [-0.15, -0.1) is 17.9 Å². The van der Waals surface area contributed by atoms with E-state index in [4.69, 9.17) is 0 Å². The molecule has 2 heterocycles. The molecule has 1 aliphatic heterocycles. The fourth-order valence-corrected chi connectivity index (χ4v) is 4.21. The molecule has 1 aromatic heterocycles. The monoisotopic (exact) mass is 385 g/mol. The Morgan fingerprint density at radius 1 is 1.30 bits per heavy atom. The fraction of sp³-hybridized carbons (Fsp3) is 0.350. The topological polar surface area (TPSA) is 66.7 Å². The molecule has 1 amide bonds. The van der Waals surface area contributed by atoms with E-state index in [1.807, 2.05) is 33.4 Å². The number of piperidine rings is 1. The lowest BCUT2D eigenvalue weighted by molar-refractivity contribution is -0.384. The predicted octanol–water partition coefficient (Wildman–Crippen LogP) is 4.09. The number of nitrogens with zero attached hydrogens (tertiary/aromatic N) is 3. The van der Waals surface area contributed by atoms with Gasteiger partial charge in [-0.1, -0.05) is 24.3 Å². The van der Waals surface area contributed by atoms with E-state index in [-0.39, 0.29) is 22.4 Å². The molecule has 27 heavy (non-hydrogen) atoms. The summed E-state index contributed by atoms with van der Waals surface area (Å²) in [5, 5.41) is 13.3. The van der Waals surface area contributed by atoms with Crippen LogP contribution >= 0.6 is 11.3 Å². The Hall–Kier alpha value is -2.67. The zero-order valence-electron chi connectivity index (χ0n) is 15.1. The van der Waals surface area contributed by atoms with Crippen LogP contribution in [0, 0.1) is 16.0 Å². The molecule has 1 aliphatic rings. The first-order valence-electron chi connectivity index (χ1n) is 9.00. The Kier molecular flexibility index (Phi) is 6.24. The molecular weight excluding hydrogens is 362 g/mol. The van der Waals surface area contributed by atoms with Gasteiger partial charge in [0.25, 0.3) is 5.69 Å². The van der Waals surface area contributed by atoms with Crippen molar-refractivity contribution in [2.75, 3.05) is 24.5 Å². The minimum Gasteiger partial charge on any atom is -0.366 e. The molecule has 1 aromatic carbocycles. The van der Waals surface area contributed by atoms with E-state index in [1.54, 1.807) is 29.5 Å². The zero-order chi connectivity index (χ0) is 19.2. The molecule has 142 valence electrons. The predicted molar refractivity (Wildman–Crippen MR) is 108 cm³/mol. The Labute approximate surface area is 162 Å². The Balaban J connectivity index is 1.64. The largest absolute Gasteiger partial charge is 0.366 e. The van der Waals surface area contributed by atoms with E-state index >= 15 is 0 Å². The Bertz CT molecular complexity index is 799. The molecule has 0 aliphatic carbocycles. The summed E-state index contributed by atoms with van der Waals surface area (Å²) >= 11 is 1.64. The van der Waals surface area contributed by atoms with Crippen molar-refractivity contribution in [2.45, 2.75) is 19.4 Å². The van der Waals surface area contributed by atoms with Gasteiger partial charge >= 0.3 is 0 Å². The highest BCUT2D eigenvalue weighted by molar-refractivity contribution is 7.09. The smallest absolute Gasteiger partial charge is 0.292 e. The van der Waals surface area contributed by atoms with Gasteiger partial charge in [0.15, 0.2) is 0 Å². The van der Waals surface area contributed by atoms with Crippen LogP contribution in [0.3, 0.4) is 0 Å². The maximum absolute atomic E-state index is 13.0. The third-order valence-electron chi connectivity index (χ3n) is 4.85. The zero-order valence-corrected chi connectivity index (χ0v) is 15.9. The van der Waals surface area contributed by atoms with E-state index in [0.717, 1.165) is 4.88 Å². The number of carbonyl (C=O) groups excluding carboxylic acids is 1. The number of nitro groups is 1. The highest BCUT2D eigenvalue weighted by Crippen LogP contribution is 2.31. The van der Waals surface area contributed by atoms with Crippen molar-refractivity contribution < 1.29 is 9.72 Å². The van der Waals surface area contributed by atoms with Crippen LogP contribution in [0.25, 0.3) is 0 Å². The van der Waals surface area contributed by atoms with Crippen molar-refractivity contribution >= 4 is 28.6 Å². The van der Waals surface area contributed by atoms with Crippen molar-refractivity contribution in [2.24, 2.45) is 5.92 Å². The van der Waals surface area contributed by atoms with Gasteiger partial charge < -0.3 is 9.80 Å². The summed E-state index contributed by atoms with van der Waals surface area (Å²) in [6.07, 6.45) is 3.15. The highest BCUT2D eigenvalue weighted by Gasteiger charge is 2.30. The molecule has 1 fully saturated rings. The summed E-state index contributed by atoms with van der Waals surface area (Å²) in [7, 11) is 0. The van der Waals surface area contributed by atoms with Crippen molar-refractivity contribution in [3.05, 3.63) is 69.4 Å².